The number of carbonyl (C=O) groups is 2. The van der Waals surface area contributed by atoms with E-state index in [0.29, 0.717) is 10.6 Å². The maximum absolute atomic E-state index is 11.7. The number of anilines is 2. The molecule has 200 valence electrons. The number of nitrogens with zero attached hydrogens (tertiary/aromatic N) is 4. The number of hydrogen-bond donors (Lipinski definition) is 3. The number of para-hydroxylation sites is 1. The summed E-state index contributed by atoms with van der Waals surface area (Å²) in [6.45, 7) is 0. The second-order valence-electron chi connectivity index (χ2n) is 6.17. The number of urea groups is 2. The van der Waals surface area contributed by atoms with Crippen molar-refractivity contribution in [1.29, 1.82) is 0 Å². The van der Waals surface area contributed by atoms with E-state index >= 15 is 0 Å². The van der Waals surface area contributed by atoms with Crippen molar-refractivity contribution in [2.24, 2.45) is 5.73 Å². The van der Waals surface area contributed by atoms with Crippen LogP contribution in [0.15, 0.2) is 36.4 Å². The lowest BCUT2D eigenvalue weighted by Crippen LogP contribution is -2.45. The highest BCUT2D eigenvalue weighted by Crippen LogP contribution is 2.17. The number of hydrogen-bond acceptors (Lipinski definition) is 12. The predicted molar refractivity (Wildman–Crippen MR) is 126 cm³/mol. The van der Waals surface area contributed by atoms with Gasteiger partial charge in [0, 0.05) is 7.05 Å². The molecule has 20 heteroatoms. The summed E-state index contributed by atoms with van der Waals surface area (Å²) in [5.41, 5.74) is 5.09. The van der Waals surface area contributed by atoms with Gasteiger partial charge in [0.1, 0.15) is 0 Å². The van der Waals surface area contributed by atoms with E-state index in [1.165, 1.54) is 37.1 Å². The molecule has 4 N–H and O–H groups in total. The maximum Gasteiger partial charge on any atom is 0.336 e. The molecule has 0 spiro atoms. The molecule has 1 atom stereocenters. The van der Waals surface area contributed by atoms with Crippen molar-refractivity contribution in [1.82, 2.24) is 18.4 Å². The molecule has 0 aliphatic heterocycles. The number of carbonyl (C=O) groups excluding carboxylic acids is 2. The minimum Gasteiger partial charge on any atom is -0.755 e. The zero-order valence-corrected chi connectivity index (χ0v) is 21.6. The zero-order valence-electron chi connectivity index (χ0n) is 19.1. The number of ether oxygens (including phenoxy) is 2. The summed E-state index contributed by atoms with van der Waals surface area (Å²) in [5, 5.41) is 2.02. The second kappa shape index (κ2) is 12.9. The Morgan fingerprint density at radius 2 is 1.56 bits per heavy atom. The van der Waals surface area contributed by atoms with E-state index in [1.807, 2.05) is 5.32 Å². The zero-order chi connectivity index (χ0) is 27.7. The Kier molecular flexibility index (Phi) is 10.9. The molecule has 1 unspecified atom stereocenters. The summed E-state index contributed by atoms with van der Waals surface area (Å²) >= 11 is -2.68. The molecule has 1 heterocycles. The fourth-order valence-corrected chi connectivity index (χ4v) is 4.40. The average Bonchev–Trinajstić information content (AvgIpc) is 2.77. The van der Waals surface area contributed by atoms with Crippen molar-refractivity contribution in [3.05, 3.63) is 36.4 Å². The van der Waals surface area contributed by atoms with E-state index in [2.05, 4.69) is 9.97 Å². The van der Waals surface area contributed by atoms with E-state index in [4.69, 9.17) is 15.2 Å². The molecule has 2 aromatic rings. The Balaban J connectivity index is 0.000000420. The fourth-order valence-electron chi connectivity index (χ4n) is 2.01. The van der Waals surface area contributed by atoms with Crippen LogP contribution in [-0.2, 0) is 31.5 Å². The number of methoxy groups -OCH3 is 2. The minimum absolute atomic E-state index is 0.00654. The van der Waals surface area contributed by atoms with E-state index in [9.17, 15) is 35.2 Å². The fraction of sp³-hybridized carbons (Fsp3) is 0.250. The lowest BCUT2D eigenvalue weighted by molar-refractivity contribution is 0.255. The first-order valence-corrected chi connectivity index (χ1v) is 13.4. The van der Waals surface area contributed by atoms with E-state index in [1.54, 1.807) is 18.2 Å². The van der Waals surface area contributed by atoms with Gasteiger partial charge in [-0.05, 0) is 12.1 Å². The van der Waals surface area contributed by atoms with Crippen LogP contribution in [0.5, 0.6) is 11.8 Å². The van der Waals surface area contributed by atoms with Gasteiger partial charge in [-0.3, -0.25) is 9.53 Å². The number of sulfonamides is 1. The minimum atomic E-state index is -4.60. The molecule has 17 nitrogen and oxygen atoms in total. The molecule has 1 aromatic heterocycles. The Hall–Kier alpha value is -3.59. The first kappa shape index (κ1) is 30.4. The lowest BCUT2D eigenvalue weighted by atomic mass is 10.3. The van der Waals surface area contributed by atoms with Crippen molar-refractivity contribution in [3.8, 4) is 11.8 Å². The number of aromatic nitrogens is 2. The summed E-state index contributed by atoms with van der Waals surface area (Å²) in [6, 6.07) is 6.90. The highest BCUT2D eigenvalue weighted by atomic mass is 32.3. The van der Waals surface area contributed by atoms with Gasteiger partial charge < -0.3 is 19.8 Å². The molecule has 0 bridgehead atoms. The average molecular weight is 569 g/mol. The molecule has 0 saturated heterocycles. The maximum atomic E-state index is 11.7. The predicted octanol–water partition coefficient (Wildman–Crippen LogP) is -0.883. The molecular formula is C16H22N7O10S3-. The number of nitrogens with one attached hydrogen (secondary N) is 2. The molecule has 36 heavy (non-hydrogen) atoms. The molecule has 4 amide bonds. The molecule has 0 saturated carbocycles. The SMILES string of the molecule is COc1cc(OC)nc(NC(=O)NS(=O)(=O)N(C)S(C)(=O)=O)n1.NC(=O)N(c1ccccc1)S(=O)[O-]. The standard InChI is InChI=1S/C9H15N5O7S2.C7H8N2O3S/c1-14(22(4,16)17)23(18,19)13-9(15)12-8-10-6(20-2)5-7(11-8)21-3;8-7(10)9(13(11)12)6-4-2-1-3-5-6/h5H,1-4H3,(H2,10,11,12,13,15);1-5H,(H2,8,10)(H,11,12)/p-1. The molecule has 0 radical (unpaired) electrons. The highest BCUT2D eigenvalue weighted by molar-refractivity contribution is 8.03. The summed E-state index contributed by atoms with van der Waals surface area (Å²) in [7, 11) is -5.27. The number of rotatable bonds is 8. The van der Waals surface area contributed by atoms with Gasteiger partial charge in [0.2, 0.25) is 27.7 Å². The van der Waals surface area contributed by atoms with Crippen LogP contribution in [0.1, 0.15) is 0 Å². The van der Waals surface area contributed by atoms with Crippen LogP contribution >= 0.6 is 0 Å². The summed E-state index contributed by atoms with van der Waals surface area (Å²) in [5.74, 6) is -0.192. The third kappa shape index (κ3) is 9.22. The van der Waals surface area contributed by atoms with Crippen LogP contribution in [0.3, 0.4) is 0 Å². The van der Waals surface area contributed by atoms with Crippen LogP contribution in [0.25, 0.3) is 0 Å². The largest absolute Gasteiger partial charge is 0.755 e. The molecule has 1 aromatic carbocycles. The second-order valence-corrected chi connectivity index (χ2v) is 10.9. The van der Waals surface area contributed by atoms with Crippen LogP contribution in [-0.4, -0.2) is 78.9 Å². The molecule has 0 aliphatic carbocycles. The smallest absolute Gasteiger partial charge is 0.336 e. The Morgan fingerprint density at radius 1 is 1.06 bits per heavy atom. The van der Waals surface area contributed by atoms with Gasteiger partial charge in [-0.25, -0.2) is 27.0 Å². The van der Waals surface area contributed by atoms with Crippen molar-refractivity contribution in [2.75, 3.05) is 37.1 Å². The summed E-state index contributed by atoms with van der Waals surface area (Å²) < 4.78 is 78.6. The molecular weight excluding hydrogens is 546 g/mol. The quantitative estimate of drug-likeness (QED) is 0.329. The number of amides is 4. The van der Waals surface area contributed by atoms with Crippen LogP contribution in [0.4, 0.5) is 21.2 Å². The van der Waals surface area contributed by atoms with E-state index in [-0.39, 0.29) is 27.1 Å². The third-order valence-electron chi connectivity index (χ3n) is 3.69. The topological polar surface area (TPSA) is 243 Å². The van der Waals surface area contributed by atoms with Gasteiger partial charge >= 0.3 is 22.3 Å². The highest BCUT2D eigenvalue weighted by Gasteiger charge is 2.28. The van der Waals surface area contributed by atoms with E-state index in [0.717, 1.165) is 7.05 Å². The van der Waals surface area contributed by atoms with E-state index < -0.39 is 43.6 Å². The van der Waals surface area contributed by atoms with Crippen molar-refractivity contribution >= 4 is 55.2 Å². The Morgan fingerprint density at radius 3 is 1.94 bits per heavy atom. The van der Waals surface area contributed by atoms with Crippen LogP contribution < -0.4 is 29.6 Å². The lowest BCUT2D eigenvalue weighted by Gasteiger charge is -2.21. The summed E-state index contributed by atoms with van der Waals surface area (Å²) in [4.78, 5) is 29.9. The monoisotopic (exact) mass is 568 g/mol. The van der Waals surface area contributed by atoms with Gasteiger partial charge in [0.05, 0.1) is 43.5 Å². The number of nitrogens with two attached hydrogens (primary N) is 1. The first-order valence-electron chi connectivity index (χ1n) is 9.11. The Labute approximate surface area is 209 Å². The molecule has 2 rings (SSSR count). The molecule has 0 fully saturated rings. The van der Waals surface area contributed by atoms with Crippen molar-refractivity contribution in [3.63, 3.8) is 0 Å². The number of benzene rings is 1. The molecule has 0 aliphatic rings. The van der Waals surface area contributed by atoms with Crippen molar-refractivity contribution < 1.29 is 44.7 Å². The summed E-state index contributed by atoms with van der Waals surface area (Å²) in [6.07, 6.45) is 0.667. The van der Waals surface area contributed by atoms with Crippen LogP contribution in [0, 0.1) is 0 Å². The third-order valence-corrected chi connectivity index (χ3v) is 7.83. The number of primary amides is 1. The normalized spacial score (nSPS) is 11.9. The van der Waals surface area contributed by atoms with Gasteiger partial charge in [-0.15, -0.1) is 0 Å². The van der Waals surface area contributed by atoms with Gasteiger partial charge in [-0.1, -0.05) is 21.9 Å². The van der Waals surface area contributed by atoms with Gasteiger partial charge in [-0.2, -0.15) is 18.4 Å². The van der Waals surface area contributed by atoms with Crippen molar-refractivity contribution in [2.45, 2.75) is 0 Å². The van der Waals surface area contributed by atoms with Crippen LogP contribution in [0.2, 0.25) is 0 Å². The Bertz CT molecular complexity index is 1270. The first-order chi connectivity index (χ1) is 16.6. The van der Waals surface area contributed by atoms with Gasteiger partial charge in [0.25, 0.3) is 0 Å². The van der Waals surface area contributed by atoms with Gasteiger partial charge in [0.15, 0.2) is 0 Å².